The lowest BCUT2D eigenvalue weighted by atomic mass is 9.94. The number of carbonyl (C=O) groups excluding carboxylic acids is 1. The summed E-state index contributed by atoms with van der Waals surface area (Å²) >= 11 is 5.50. The Morgan fingerprint density at radius 3 is 2.57 bits per heavy atom. The first kappa shape index (κ1) is 17.4. The van der Waals surface area contributed by atoms with Gasteiger partial charge in [-0.1, -0.05) is 0 Å². The van der Waals surface area contributed by atoms with Gasteiger partial charge in [0.1, 0.15) is 6.10 Å². The second-order valence-electron chi connectivity index (χ2n) is 4.45. The predicted molar refractivity (Wildman–Crippen MR) is 75.5 cm³/mol. The first-order chi connectivity index (χ1) is 9.83. The van der Waals surface area contributed by atoms with Crippen LogP contribution >= 0.6 is 11.6 Å². The van der Waals surface area contributed by atoms with Gasteiger partial charge in [-0.2, -0.15) is 0 Å². The van der Waals surface area contributed by atoms with Gasteiger partial charge in [0.05, 0.1) is 23.7 Å². The van der Waals surface area contributed by atoms with E-state index < -0.39 is 23.1 Å². The summed E-state index contributed by atoms with van der Waals surface area (Å²) in [5, 5.41) is 30.8. The number of benzene rings is 1. The average molecular weight is 318 g/mol. The van der Waals surface area contributed by atoms with E-state index in [4.69, 9.17) is 11.6 Å². The number of non-ortho nitro benzene ring substituents is 1. The molecule has 7 nitrogen and oxygen atoms in total. The molecule has 1 aromatic carbocycles. The van der Waals surface area contributed by atoms with E-state index in [1.807, 2.05) is 0 Å². The second-order valence-corrected chi connectivity index (χ2v) is 4.82. The number of aliphatic hydroxyl groups is 2. The molecule has 0 heterocycles. The van der Waals surface area contributed by atoms with Crippen molar-refractivity contribution in [3.8, 4) is 0 Å². The van der Waals surface area contributed by atoms with Crippen molar-refractivity contribution in [3.05, 3.63) is 38.9 Å². The maximum Gasteiger partial charge on any atom is 0.338 e. The maximum atomic E-state index is 11.7. The van der Waals surface area contributed by atoms with Crippen LogP contribution in [0.2, 0.25) is 0 Å². The third-order valence-corrected chi connectivity index (χ3v) is 3.35. The summed E-state index contributed by atoms with van der Waals surface area (Å²) in [7, 11) is 1.15. The fraction of sp³-hybridized carbons (Fsp3) is 0.462. The van der Waals surface area contributed by atoms with Gasteiger partial charge >= 0.3 is 5.97 Å². The van der Waals surface area contributed by atoms with Gasteiger partial charge in [-0.05, 0) is 24.5 Å². The van der Waals surface area contributed by atoms with Crippen LogP contribution in [0.15, 0.2) is 12.1 Å². The molecule has 21 heavy (non-hydrogen) atoms. The minimum atomic E-state index is -1.38. The molecule has 0 amide bonds. The predicted octanol–water partition coefficient (Wildman–Crippen LogP) is 1.71. The highest BCUT2D eigenvalue weighted by Crippen LogP contribution is 2.30. The van der Waals surface area contributed by atoms with E-state index in [2.05, 4.69) is 4.74 Å². The number of aliphatic hydroxyl groups excluding tert-OH is 2. The largest absolute Gasteiger partial charge is 0.465 e. The van der Waals surface area contributed by atoms with Gasteiger partial charge < -0.3 is 14.9 Å². The van der Waals surface area contributed by atoms with Crippen LogP contribution in [-0.4, -0.2) is 40.2 Å². The van der Waals surface area contributed by atoms with E-state index >= 15 is 0 Å². The van der Waals surface area contributed by atoms with E-state index in [1.165, 1.54) is 6.92 Å². The average Bonchev–Trinajstić information content (AvgIpc) is 2.45. The monoisotopic (exact) mass is 317 g/mol. The zero-order valence-electron chi connectivity index (χ0n) is 11.6. The van der Waals surface area contributed by atoms with Gasteiger partial charge in [-0.25, -0.2) is 4.79 Å². The normalized spacial score (nSPS) is 13.6. The highest BCUT2D eigenvalue weighted by Gasteiger charge is 2.26. The number of rotatable bonds is 6. The van der Waals surface area contributed by atoms with Crippen molar-refractivity contribution in [2.24, 2.45) is 0 Å². The molecule has 0 radical (unpaired) electrons. The molecule has 0 saturated carbocycles. The molecule has 2 unspecified atom stereocenters. The zero-order chi connectivity index (χ0) is 16.2. The number of esters is 1. The van der Waals surface area contributed by atoms with Crippen LogP contribution in [-0.2, 0) is 4.74 Å². The lowest BCUT2D eigenvalue weighted by Gasteiger charge is -2.20. The van der Waals surface area contributed by atoms with Gasteiger partial charge in [-0.3, -0.25) is 10.1 Å². The third-order valence-electron chi connectivity index (χ3n) is 3.14. The lowest BCUT2D eigenvalue weighted by molar-refractivity contribution is -0.385. The van der Waals surface area contributed by atoms with Crippen molar-refractivity contribution >= 4 is 23.3 Å². The third kappa shape index (κ3) is 3.90. The van der Waals surface area contributed by atoms with Crippen molar-refractivity contribution < 1.29 is 24.7 Å². The lowest BCUT2D eigenvalue weighted by Crippen LogP contribution is -2.21. The Balaban J connectivity index is 3.39. The number of ether oxygens (including phenoxy) is 1. The smallest absolute Gasteiger partial charge is 0.338 e. The first-order valence-corrected chi connectivity index (χ1v) is 6.66. The van der Waals surface area contributed by atoms with E-state index in [0.29, 0.717) is 5.56 Å². The molecule has 0 aromatic heterocycles. The molecule has 1 aromatic rings. The summed E-state index contributed by atoms with van der Waals surface area (Å²) in [5.74, 6) is -0.632. The van der Waals surface area contributed by atoms with Crippen LogP contribution in [0.3, 0.4) is 0 Å². The Hall–Kier alpha value is -1.70. The molecule has 0 aliphatic carbocycles. The molecule has 0 spiro atoms. The molecule has 2 N–H and O–H groups in total. The molecular formula is C13H16ClNO6. The van der Waals surface area contributed by atoms with Crippen molar-refractivity contribution in [1.82, 2.24) is 0 Å². The molecule has 0 aliphatic heterocycles. The van der Waals surface area contributed by atoms with E-state index in [9.17, 15) is 25.1 Å². The number of halogens is 1. The van der Waals surface area contributed by atoms with Gasteiger partial charge in [0.2, 0.25) is 0 Å². The van der Waals surface area contributed by atoms with Gasteiger partial charge in [0.15, 0.2) is 0 Å². The molecule has 1 rings (SSSR count). The Kier molecular flexibility index (Phi) is 6.07. The Bertz CT molecular complexity index is 548. The molecule has 0 bridgehead atoms. The van der Waals surface area contributed by atoms with Gasteiger partial charge in [-0.15, -0.1) is 11.6 Å². The maximum absolute atomic E-state index is 11.7. The zero-order valence-corrected chi connectivity index (χ0v) is 12.3. The van der Waals surface area contributed by atoms with Crippen molar-refractivity contribution in [3.63, 3.8) is 0 Å². The number of carbonyl (C=O) groups is 1. The summed E-state index contributed by atoms with van der Waals surface area (Å²) in [4.78, 5) is 21.9. The van der Waals surface area contributed by atoms with Crippen LogP contribution in [0.25, 0.3) is 0 Å². The van der Waals surface area contributed by atoms with E-state index in [-0.39, 0.29) is 29.1 Å². The number of methoxy groups -OCH3 is 1. The highest BCUT2D eigenvalue weighted by molar-refractivity contribution is 6.17. The molecule has 0 aliphatic rings. The fourth-order valence-electron chi connectivity index (χ4n) is 1.93. The van der Waals surface area contributed by atoms with E-state index in [0.717, 1.165) is 19.2 Å². The number of hydrogen-bond donors (Lipinski definition) is 2. The Labute approximate surface area is 126 Å². The molecule has 2 atom stereocenters. The molecule has 116 valence electrons. The molecule has 0 saturated heterocycles. The summed E-state index contributed by atoms with van der Waals surface area (Å²) in [6, 6.07) is 2.20. The number of nitrogens with zero attached hydrogens (tertiary/aromatic N) is 1. The van der Waals surface area contributed by atoms with Crippen molar-refractivity contribution in [2.45, 2.75) is 25.6 Å². The Morgan fingerprint density at radius 1 is 1.48 bits per heavy atom. The number of hydrogen-bond acceptors (Lipinski definition) is 6. The van der Waals surface area contributed by atoms with Crippen LogP contribution in [0.1, 0.15) is 34.0 Å². The molecule has 0 fully saturated rings. The highest BCUT2D eigenvalue weighted by atomic mass is 35.5. The SMILES string of the molecule is COC(=O)c1cc([N+](=O)[O-])cc(C(O)C(O)CCCl)c1C. The van der Waals surface area contributed by atoms with Gasteiger partial charge in [0, 0.05) is 18.0 Å². The van der Waals surface area contributed by atoms with Crippen LogP contribution in [0.4, 0.5) is 5.69 Å². The number of alkyl halides is 1. The minimum absolute atomic E-state index is 0.0289. The van der Waals surface area contributed by atoms with Crippen molar-refractivity contribution in [1.29, 1.82) is 0 Å². The molecule has 8 heteroatoms. The Morgan fingerprint density at radius 2 is 2.10 bits per heavy atom. The number of nitro benzene ring substituents is 1. The number of nitro groups is 1. The van der Waals surface area contributed by atoms with Crippen molar-refractivity contribution in [2.75, 3.05) is 13.0 Å². The summed E-state index contributed by atoms with van der Waals surface area (Å²) < 4.78 is 4.57. The van der Waals surface area contributed by atoms with E-state index in [1.54, 1.807) is 0 Å². The quantitative estimate of drug-likeness (QED) is 0.358. The fourth-order valence-corrected chi connectivity index (χ4v) is 2.16. The first-order valence-electron chi connectivity index (χ1n) is 6.12. The summed E-state index contributed by atoms with van der Waals surface area (Å²) in [6.45, 7) is 1.52. The van der Waals surface area contributed by atoms with Crippen LogP contribution in [0.5, 0.6) is 0 Å². The topological polar surface area (TPSA) is 110 Å². The van der Waals surface area contributed by atoms with Crippen LogP contribution < -0.4 is 0 Å². The summed E-state index contributed by atoms with van der Waals surface area (Å²) in [6.07, 6.45) is -2.46. The minimum Gasteiger partial charge on any atom is -0.465 e. The van der Waals surface area contributed by atoms with Gasteiger partial charge in [0.25, 0.3) is 5.69 Å². The standard InChI is InChI=1S/C13H16ClNO6/c1-7-9(12(17)11(16)3-4-14)5-8(15(19)20)6-10(7)13(18)21-2/h5-6,11-12,16-17H,3-4H2,1-2H3. The molecular weight excluding hydrogens is 302 g/mol. The summed E-state index contributed by atoms with van der Waals surface area (Å²) in [5.41, 5.74) is 0.0164. The second kappa shape index (κ2) is 7.35. The van der Waals surface area contributed by atoms with Crippen LogP contribution in [0, 0.1) is 17.0 Å².